The van der Waals surface area contributed by atoms with E-state index in [1.165, 1.54) is 11.1 Å². The molecule has 2 nitrogen and oxygen atoms in total. The fourth-order valence-corrected chi connectivity index (χ4v) is 1.24. The highest BCUT2D eigenvalue weighted by molar-refractivity contribution is 5.85. The Morgan fingerprint density at radius 1 is 0.733 bits per heavy atom. The summed E-state index contributed by atoms with van der Waals surface area (Å²) >= 11 is 0. The maximum atomic E-state index is 4.32. The summed E-state index contributed by atoms with van der Waals surface area (Å²) in [5, 5.41) is 0. The number of hydrogen-bond donors (Lipinski definition) is 0. The second-order valence-electron chi connectivity index (χ2n) is 3.44. The van der Waals surface area contributed by atoms with Crippen LogP contribution in [0.3, 0.4) is 0 Å². The van der Waals surface area contributed by atoms with Crippen molar-refractivity contribution in [2.45, 2.75) is 13.8 Å². The molecule has 0 fully saturated rings. The van der Waals surface area contributed by atoms with Gasteiger partial charge in [-0.15, -0.1) is 12.4 Å². The van der Waals surface area contributed by atoms with Gasteiger partial charge in [0.1, 0.15) is 0 Å². The van der Waals surface area contributed by atoms with Crippen molar-refractivity contribution in [3.63, 3.8) is 0 Å². The van der Waals surface area contributed by atoms with Gasteiger partial charge in [-0.05, 0) is 37.1 Å². The number of hydrogen-bond acceptors (Lipinski definition) is 2. The lowest BCUT2D eigenvalue weighted by atomic mass is 10.2. The second-order valence-corrected chi connectivity index (χ2v) is 3.44. The summed E-state index contributed by atoms with van der Waals surface area (Å²) < 4.78 is 0. The molecule has 0 radical (unpaired) electrons. The Morgan fingerprint density at radius 2 is 1.13 bits per heavy atom. The number of pyridine rings is 2. The van der Waals surface area contributed by atoms with Crippen LogP contribution in [0.5, 0.6) is 0 Å². The maximum Gasteiger partial charge on any atom is 0.0886 e. The fourth-order valence-electron chi connectivity index (χ4n) is 1.24. The summed E-state index contributed by atoms with van der Waals surface area (Å²) in [6.45, 7) is 4.05. The number of aryl methyl sites for hydroxylation is 2. The molecule has 0 N–H and O–H groups in total. The van der Waals surface area contributed by atoms with Crippen molar-refractivity contribution >= 4 is 12.4 Å². The van der Waals surface area contributed by atoms with Crippen LogP contribution in [0.1, 0.15) is 11.1 Å². The Hall–Kier alpha value is -1.41. The monoisotopic (exact) mass is 220 g/mol. The van der Waals surface area contributed by atoms with Crippen LogP contribution in [0.25, 0.3) is 11.4 Å². The molecular weight excluding hydrogens is 208 g/mol. The van der Waals surface area contributed by atoms with E-state index in [9.17, 15) is 0 Å². The Labute approximate surface area is 95.8 Å². The third kappa shape index (κ3) is 2.77. The number of halogens is 1. The highest BCUT2D eigenvalue weighted by Gasteiger charge is 1.98. The minimum atomic E-state index is 0. The molecule has 2 aromatic heterocycles. The molecular formula is C12H13ClN2. The molecule has 0 bridgehead atoms. The molecule has 0 aliphatic heterocycles. The van der Waals surface area contributed by atoms with Crippen LogP contribution in [0.15, 0.2) is 36.7 Å². The standard InChI is InChI=1S/C12H12N2.ClH/c1-9-3-5-11(13-7-9)12-6-4-10(2)8-14-12;/h3-8H,1-2H3;1H. The summed E-state index contributed by atoms with van der Waals surface area (Å²) in [4.78, 5) is 8.63. The van der Waals surface area contributed by atoms with E-state index in [4.69, 9.17) is 0 Å². The molecule has 2 aromatic rings. The molecule has 0 saturated carbocycles. The minimum absolute atomic E-state index is 0. The van der Waals surface area contributed by atoms with Crippen LogP contribution in [0.4, 0.5) is 0 Å². The molecule has 0 aliphatic carbocycles. The van der Waals surface area contributed by atoms with Crippen LogP contribution in [0, 0.1) is 13.8 Å². The van der Waals surface area contributed by atoms with Gasteiger partial charge in [0.2, 0.25) is 0 Å². The van der Waals surface area contributed by atoms with Crippen molar-refractivity contribution in [1.29, 1.82) is 0 Å². The Balaban J connectivity index is 0.00000112. The maximum absolute atomic E-state index is 4.32. The Morgan fingerprint density at radius 3 is 1.40 bits per heavy atom. The smallest absolute Gasteiger partial charge is 0.0886 e. The first kappa shape index (κ1) is 11.7. The van der Waals surface area contributed by atoms with E-state index in [1.54, 1.807) is 0 Å². The van der Waals surface area contributed by atoms with Gasteiger partial charge in [-0.2, -0.15) is 0 Å². The van der Waals surface area contributed by atoms with E-state index in [1.807, 2.05) is 50.5 Å². The lowest BCUT2D eigenvalue weighted by Gasteiger charge is -2.00. The van der Waals surface area contributed by atoms with Gasteiger partial charge < -0.3 is 0 Å². The van der Waals surface area contributed by atoms with Gasteiger partial charge in [-0.1, -0.05) is 12.1 Å². The first-order valence-electron chi connectivity index (χ1n) is 4.61. The van der Waals surface area contributed by atoms with Crippen LogP contribution in [-0.2, 0) is 0 Å². The zero-order valence-corrected chi connectivity index (χ0v) is 9.58. The quantitative estimate of drug-likeness (QED) is 0.738. The van der Waals surface area contributed by atoms with Gasteiger partial charge in [-0.25, -0.2) is 0 Å². The fraction of sp³-hybridized carbons (Fsp3) is 0.167. The average Bonchev–Trinajstić information content (AvgIpc) is 2.21. The van der Waals surface area contributed by atoms with Crippen LogP contribution < -0.4 is 0 Å². The van der Waals surface area contributed by atoms with E-state index < -0.39 is 0 Å². The van der Waals surface area contributed by atoms with Crippen molar-refractivity contribution in [1.82, 2.24) is 9.97 Å². The van der Waals surface area contributed by atoms with Gasteiger partial charge in [0, 0.05) is 12.4 Å². The third-order valence-electron chi connectivity index (χ3n) is 2.09. The van der Waals surface area contributed by atoms with Gasteiger partial charge in [0.25, 0.3) is 0 Å². The van der Waals surface area contributed by atoms with Crippen molar-refractivity contribution in [3.8, 4) is 11.4 Å². The predicted molar refractivity (Wildman–Crippen MR) is 64.2 cm³/mol. The highest BCUT2D eigenvalue weighted by atomic mass is 35.5. The van der Waals surface area contributed by atoms with E-state index in [0.717, 1.165) is 11.4 Å². The van der Waals surface area contributed by atoms with Crippen LogP contribution >= 0.6 is 12.4 Å². The third-order valence-corrected chi connectivity index (χ3v) is 2.09. The molecule has 0 spiro atoms. The summed E-state index contributed by atoms with van der Waals surface area (Å²) in [7, 11) is 0. The zero-order valence-electron chi connectivity index (χ0n) is 8.77. The number of aromatic nitrogens is 2. The van der Waals surface area contributed by atoms with Crippen LogP contribution in [0.2, 0.25) is 0 Å². The topological polar surface area (TPSA) is 25.8 Å². The number of nitrogens with zero attached hydrogens (tertiary/aromatic N) is 2. The van der Waals surface area contributed by atoms with E-state index in [0.29, 0.717) is 0 Å². The van der Waals surface area contributed by atoms with Crippen molar-refractivity contribution in [3.05, 3.63) is 47.8 Å². The molecule has 3 heteroatoms. The van der Waals surface area contributed by atoms with Crippen molar-refractivity contribution < 1.29 is 0 Å². The predicted octanol–water partition coefficient (Wildman–Crippen LogP) is 3.18. The molecule has 2 rings (SSSR count). The van der Waals surface area contributed by atoms with Crippen LogP contribution in [-0.4, -0.2) is 9.97 Å². The average molecular weight is 221 g/mol. The number of rotatable bonds is 1. The molecule has 0 aromatic carbocycles. The molecule has 0 amide bonds. The van der Waals surface area contributed by atoms with E-state index >= 15 is 0 Å². The summed E-state index contributed by atoms with van der Waals surface area (Å²) in [5.41, 5.74) is 4.19. The molecule has 78 valence electrons. The molecule has 15 heavy (non-hydrogen) atoms. The second kappa shape index (κ2) is 4.89. The lowest BCUT2D eigenvalue weighted by Crippen LogP contribution is -1.87. The molecule has 2 heterocycles. The van der Waals surface area contributed by atoms with Gasteiger partial charge in [-0.3, -0.25) is 9.97 Å². The summed E-state index contributed by atoms with van der Waals surface area (Å²) in [6, 6.07) is 8.08. The highest BCUT2D eigenvalue weighted by Crippen LogP contribution is 2.13. The minimum Gasteiger partial charge on any atom is -0.254 e. The van der Waals surface area contributed by atoms with E-state index in [-0.39, 0.29) is 12.4 Å². The summed E-state index contributed by atoms with van der Waals surface area (Å²) in [6.07, 6.45) is 3.72. The zero-order chi connectivity index (χ0) is 9.97. The molecule has 0 atom stereocenters. The molecule has 0 unspecified atom stereocenters. The van der Waals surface area contributed by atoms with Crippen molar-refractivity contribution in [2.75, 3.05) is 0 Å². The van der Waals surface area contributed by atoms with Gasteiger partial charge in [0.05, 0.1) is 11.4 Å². The Kier molecular flexibility index (Phi) is 3.81. The van der Waals surface area contributed by atoms with Gasteiger partial charge in [0.15, 0.2) is 0 Å². The summed E-state index contributed by atoms with van der Waals surface area (Å²) in [5.74, 6) is 0. The van der Waals surface area contributed by atoms with E-state index in [2.05, 4.69) is 9.97 Å². The Bertz CT molecular complexity index is 377. The molecule has 0 saturated heterocycles. The first-order chi connectivity index (χ1) is 6.75. The first-order valence-corrected chi connectivity index (χ1v) is 4.61. The lowest BCUT2D eigenvalue weighted by molar-refractivity contribution is 1.20. The van der Waals surface area contributed by atoms with Gasteiger partial charge >= 0.3 is 0 Å². The molecule has 0 aliphatic rings. The van der Waals surface area contributed by atoms with Crippen molar-refractivity contribution in [2.24, 2.45) is 0 Å². The SMILES string of the molecule is Cc1ccc(-c2ccc(C)cn2)nc1.Cl. The normalized spacial score (nSPS) is 9.47. The largest absolute Gasteiger partial charge is 0.254 e.